The van der Waals surface area contributed by atoms with E-state index in [1.807, 2.05) is 148 Å². The largest absolute Gasteiger partial charge is 0.457 e. The van der Waals surface area contributed by atoms with Gasteiger partial charge >= 0.3 is 29.5 Å². The van der Waals surface area contributed by atoms with Crippen LogP contribution >= 0.6 is 56.7 Å². The van der Waals surface area contributed by atoms with E-state index in [4.69, 9.17) is 48.5 Å². The summed E-state index contributed by atoms with van der Waals surface area (Å²) >= 11 is 7.09. The summed E-state index contributed by atoms with van der Waals surface area (Å²) in [6.45, 7) is 4.23. The van der Waals surface area contributed by atoms with Crippen LogP contribution in [-0.4, -0.2) is 89.3 Å². The Bertz CT molecular complexity index is 6520. The van der Waals surface area contributed by atoms with Crippen LogP contribution in [0, 0.1) is 96.7 Å². The molecule has 11 aromatic rings. The van der Waals surface area contributed by atoms with E-state index in [0.717, 1.165) is 148 Å². The highest BCUT2D eigenvalue weighted by Crippen LogP contribution is 2.41. The Kier molecular flexibility index (Phi) is 42.5. The van der Waals surface area contributed by atoms with Crippen molar-refractivity contribution in [1.29, 1.82) is 10.5 Å². The molecule has 5 N–H and O–H groups in total. The summed E-state index contributed by atoms with van der Waals surface area (Å²) in [6, 6.07) is 63.4. The minimum Gasteiger partial charge on any atom is -0.457 e. The summed E-state index contributed by atoms with van der Waals surface area (Å²) in [6.07, 6.45) is 59.3. The van der Waals surface area contributed by atoms with Crippen molar-refractivity contribution in [2.24, 2.45) is 0 Å². The molecular weight excluding hydrogens is 1920 g/mol. The number of hydrogen-bond donors (Lipinski definition) is 5. The lowest BCUT2D eigenvalue weighted by molar-refractivity contribution is -0.126. The van der Waals surface area contributed by atoms with Gasteiger partial charge in [-0.2, -0.15) is 10.5 Å². The molecule has 5 saturated carbocycles. The predicted molar refractivity (Wildman–Crippen MR) is 582 cm³/mol. The molecule has 23 nitrogen and oxygen atoms in total. The molecule has 5 aliphatic rings. The summed E-state index contributed by atoms with van der Waals surface area (Å²) < 4.78 is 5.86. The fourth-order valence-electron chi connectivity index (χ4n) is 18.5. The van der Waals surface area contributed by atoms with E-state index < -0.39 is 59.7 Å². The van der Waals surface area contributed by atoms with E-state index in [9.17, 15) is 53.2 Å². The summed E-state index contributed by atoms with van der Waals surface area (Å²) in [7, 11) is 0. The van der Waals surface area contributed by atoms with Crippen LogP contribution in [0.1, 0.15) is 257 Å². The minimum absolute atomic E-state index is 0.0951. The maximum absolute atomic E-state index is 13.5. The summed E-state index contributed by atoms with van der Waals surface area (Å²) in [5.41, 5.74) is 5.05. The molecule has 5 fully saturated rings. The highest BCUT2D eigenvalue weighted by atomic mass is 32.1. The third-order valence-electron chi connectivity index (χ3n) is 25.8. The van der Waals surface area contributed by atoms with Gasteiger partial charge in [0.2, 0.25) is 29.5 Å². The Labute approximate surface area is 876 Å². The average Bonchev–Trinajstić information content (AvgIpc) is 1.39. The molecule has 0 bridgehead atoms. The Morgan fingerprint density at radius 3 is 0.884 bits per heavy atom. The van der Waals surface area contributed by atoms with Crippen molar-refractivity contribution in [3.63, 3.8) is 0 Å². The molecule has 146 heavy (non-hydrogen) atoms. The quantitative estimate of drug-likeness (QED) is 0.0285. The number of carbonyl (C=O) groups excluding carboxylic acids is 10. The lowest BCUT2D eigenvalue weighted by atomic mass is 9.95. The van der Waals surface area contributed by atoms with Crippen LogP contribution in [0.4, 0.5) is 28.4 Å². The maximum Gasteiger partial charge on any atom is 0.303 e. The maximum atomic E-state index is 13.5. The molecule has 16 rings (SSSR count). The van der Waals surface area contributed by atoms with Crippen molar-refractivity contribution in [3.8, 4) is 97.7 Å². The van der Waals surface area contributed by atoms with Gasteiger partial charge in [-0.1, -0.05) is 195 Å². The first-order valence-corrected chi connectivity index (χ1v) is 53.7. The minimum atomic E-state index is -0.917. The number of nitrogens with one attached hydrogen (secondary N) is 5. The van der Waals surface area contributed by atoms with E-state index in [0.29, 0.717) is 61.9 Å². The smallest absolute Gasteiger partial charge is 0.303 e. The lowest BCUT2D eigenvalue weighted by Gasteiger charge is -2.31. The van der Waals surface area contributed by atoms with Gasteiger partial charge < -0.3 is 31.3 Å². The van der Waals surface area contributed by atoms with Gasteiger partial charge in [-0.05, 0) is 266 Å². The van der Waals surface area contributed by atoms with Gasteiger partial charge in [-0.25, -0.2) is 0 Å². The zero-order valence-electron chi connectivity index (χ0n) is 81.7. The Morgan fingerprint density at radius 2 is 0.589 bits per heavy atom. The molecule has 5 unspecified atom stereocenters. The van der Waals surface area contributed by atoms with Crippen molar-refractivity contribution in [2.45, 2.75) is 241 Å². The van der Waals surface area contributed by atoms with Gasteiger partial charge in [0.15, 0.2) is 30.2 Å². The first-order valence-electron chi connectivity index (χ1n) is 49.3. The Balaban J connectivity index is 0.000000163. The number of thiophene rings is 5. The molecule has 5 atom stereocenters. The van der Waals surface area contributed by atoms with Gasteiger partial charge in [0.25, 0.3) is 0 Å². The molecule has 6 aromatic carbocycles. The van der Waals surface area contributed by atoms with Gasteiger partial charge in [0.05, 0.1) is 22.9 Å². The van der Waals surface area contributed by atoms with Crippen LogP contribution in [0.5, 0.6) is 11.5 Å². The molecule has 0 saturated heterocycles. The van der Waals surface area contributed by atoms with Gasteiger partial charge in [-0.15, -0.1) is 95.2 Å². The summed E-state index contributed by atoms with van der Waals surface area (Å²) in [4.78, 5) is 141. The molecule has 0 aliphatic heterocycles. The van der Waals surface area contributed by atoms with E-state index in [2.05, 4.69) is 82.0 Å². The third-order valence-corrected chi connectivity index (χ3v) is 30.5. The molecule has 746 valence electrons. The van der Waals surface area contributed by atoms with Crippen LogP contribution in [-0.2, 0) is 47.9 Å². The molecule has 5 aromatic heterocycles. The SMILES string of the molecule is C#CC(=O)N(c1ccc(C#N)cc1)C(C(=O)NC1CCCCC1)c1cccs1.C#CC(=O)N(c1ccc(C(C)C)cc1)C(C(=O)NC1CCCCC1)c1cccs1.C#CC(=O)N(c1ccc(Oc2ccccc2)cc1)C(C(=O)NC1CCCCC1)c1cccs1.C#CC(=O)N(c1cccc(C#C)c1)C(C(=O)NC1CCCCC1)c1cccs1.C#CC(=O)N(c1ccccc1C#N)C(C(=O)NC1CCCCC1)c1cccs1. The number of nitrogens with zero attached hydrogens (tertiary/aromatic N) is 7. The number of ether oxygens (including phenoxy) is 1. The van der Waals surface area contributed by atoms with E-state index in [1.165, 1.54) is 119 Å². The topological polar surface area (TPSA) is 304 Å². The molecule has 28 heteroatoms. The second-order valence-electron chi connectivity index (χ2n) is 36.0. The molecule has 10 amide bonds. The van der Waals surface area contributed by atoms with Crippen LogP contribution in [0.25, 0.3) is 0 Å². The molecule has 0 radical (unpaired) electrons. The second-order valence-corrected chi connectivity index (χ2v) is 40.9. The van der Waals surface area contributed by atoms with Crippen LogP contribution < -0.4 is 55.8 Å². The van der Waals surface area contributed by atoms with Gasteiger partial charge in [-0.3, -0.25) is 72.4 Å². The number of terminal acetylenes is 6. The Morgan fingerprint density at radius 1 is 0.301 bits per heavy atom. The van der Waals surface area contributed by atoms with E-state index >= 15 is 0 Å². The first-order chi connectivity index (χ1) is 71.1. The van der Waals surface area contributed by atoms with Crippen molar-refractivity contribution < 1.29 is 52.7 Å². The van der Waals surface area contributed by atoms with Crippen molar-refractivity contribution >= 4 is 144 Å². The Hall–Kier alpha value is -15.3. The predicted octanol–water partition coefficient (Wildman–Crippen LogP) is 22.2. The zero-order chi connectivity index (χ0) is 104. The summed E-state index contributed by atoms with van der Waals surface area (Å²) in [5.74, 6) is 11.1. The van der Waals surface area contributed by atoms with Crippen molar-refractivity contribution in [2.75, 3.05) is 24.5 Å². The highest BCUT2D eigenvalue weighted by Gasteiger charge is 2.41. The normalized spacial score (nSPS) is 15.1. The van der Waals surface area contributed by atoms with Crippen LogP contribution in [0.2, 0.25) is 0 Å². The standard InChI is InChI=1S/C27H26N2O3S.C24H28N2O2S.C23H22N2O2S.2C22H21N3O2S/c1-2-25(30)29(21-15-17-23(18-16-21)32-22-12-7-4-8-13-22)26(24-14-9-19-33-24)27(31)28-20-10-5-3-6-11-20;1-4-22(27)26(20-14-12-18(13-15-20)17(2)3)23(21-11-8-16-29-21)24(28)25-19-9-6-5-7-10-19;1-3-17-10-8-13-19(16-17)25(21(26)4-2)22(20-14-9-15-28-20)23(27)24-18-11-6-5-7-12-18;1-2-20(26)25(18-12-7-6-9-16(18)15-23)21(19-13-8-14-28-19)22(27)24-17-10-4-3-5-11-17;1-2-20(26)25(18-12-10-16(15-23)11-13-18)21(19-9-6-14-28-19)22(27)24-17-7-4-3-5-8-17/h1,4,7-9,12-20,26H,3,5-6,10-11H2,(H,28,31);1,8,11-17,19,23H,5-7,9-10H2,2-3H3,(H,25,28);1-2,8-10,13-16,18,22H,5-7,11-12H2,(H,24,27);1,6-9,12-14,17,21H,3-5,10-11H2,(H,24,27);1,6,9-14,17,21H,3-5,7-8H2,(H,24,27). The average molecular weight is 2040 g/mol. The second kappa shape index (κ2) is 56.6. The van der Waals surface area contributed by atoms with Crippen LogP contribution in [0.3, 0.4) is 0 Å². The molecule has 0 spiro atoms. The number of amides is 10. The zero-order valence-corrected chi connectivity index (χ0v) is 85.8. The number of anilines is 5. The van der Waals surface area contributed by atoms with E-state index in [1.54, 1.807) is 97.1 Å². The third kappa shape index (κ3) is 30.4. The van der Waals surface area contributed by atoms with Gasteiger partial charge in [0.1, 0.15) is 17.6 Å². The molecule has 5 aliphatic carbocycles. The number of benzene rings is 6. The van der Waals surface area contributed by atoms with Crippen molar-refractivity contribution in [3.05, 3.63) is 286 Å². The fourth-order valence-corrected chi connectivity index (χ4v) is 22.6. The molecular formula is C118H118N12O11S5. The highest BCUT2D eigenvalue weighted by molar-refractivity contribution is 7.11. The number of hydrogen-bond acceptors (Lipinski definition) is 18. The number of carbonyl (C=O) groups is 10. The lowest BCUT2D eigenvalue weighted by Crippen LogP contribution is -2.47. The molecule has 5 heterocycles. The number of para-hydroxylation sites is 2. The first kappa shape index (κ1) is 109. The fraction of sp³-hybridized carbons (Fsp3) is 0.322. The van der Waals surface area contributed by atoms with E-state index in [-0.39, 0.29) is 65.3 Å². The monoisotopic (exact) mass is 2040 g/mol. The van der Waals surface area contributed by atoms with Crippen LogP contribution in [0.15, 0.2) is 239 Å². The number of nitriles is 2. The van der Waals surface area contributed by atoms with Crippen molar-refractivity contribution in [1.82, 2.24) is 26.6 Å². The number of rotatable bonds is 28. The van der Waals surface area contributed by atoms with Gasteiger partial charge in [0, 0.05) is 82.9 Å². The summed E-state index contributed by atoms with van der Waals surface area (Å²) in [5, 5.41) is 43.6.